The predicted molar refractivity (Wildman–Crippen MR) is 122 cm³/mol. The van der Waals surface area contributed by atoms with Crippen LogP contribution in [-0.4, -0.2) is 60.3 Å². The minimum Gasteiger partial charge on any atom is -0.465 e. The molecule has 1 amide bonds. The van der Waals surface area contributed by atoms with Crippen molar-refractivity contribution in [1.29, 1.82) is 0 Å². The number of fused-ring (bicyclic) bond motifs is 2. The van der Waals surface area contributed by atoms with Crippen molar-refractivity contribution in [3.05, 3.63) is 65.2 Å². The van der Waals surface area contributed by atoms with Gasteiger partial charge in [0, 0.05) is 30.4 Å². The highest BCUT2D eigenvalue weighted by molar-refractivity contribution is 5.65. The summed E-state index contributed by atoms with van der Waals surface area (Å²) < 4.78 is 32.9. The first-order valence-electron chi connectivity index (χ1n) is 11.7. The minimum atomic E-state index is -1.31. The lowest BCUT2D eigenvalue weighted by Crippen LogP contribution is -2.49. The molecule has 3 aliphatic rings. The molecule has 182 valence electrons. The fourth-order valence-electron chi connectivity index (χ4n) is 5.26. The van der Waals surface area contributed by atoms with Gasteiger partial charge < -0.3 is 30.5 Å². The Hall–Kier alpha value is -2.75. The summed E-state index contributed by atoms with van der Waals surface area (Å²) in [5.41, 5.74) is 2.30. The zero-order valence-corrected chi connectivity index (χ0v) is 18.7. The second-order valence-corrected chi connectivity index (χ2v) is 9.62. The Kier molecular flexibility index (Phi) is 6.18. The molecule has 7 nitrogen and oxygen atoms in total. The second-order valence-electron chi connectivity index (χ2n) is 9.62. The monoisotopic (exact) mass is 473 g/mol. The third kappa shape index (κ3) is 4.87. The average Bonchev–Trinajstić information content (AvgIpc) is 3.28. The van der Waals surface area contributed by atoms with E-state index >= 15 is 0 Å². The van der Waals surface area contributed by atoms with E-state index in [2.05, 4.69) is 33.7 Å². The molecule has 1 saturated carbocycles. The second kappa shape index (κ2) is 9.13. The number of aliphatic hydroxyl groups is 1. The first-order valence-corrected chi connectivity index (χ1v) is 11.7. The molecule has 4 unspecified atom stereocenters. The maximum atomic E-state index is 13.6. The summed E-state index contributed by atoms with van der Waals surface area (Å²) in [6.07, 6.45) is 0.753. The number of benzene rings is 2. The number of halogens is 2. The van der Waals surface area contributed by atoms with E-state index in [1.165, 1.54) is 5.69 Å². The van der Waals surface area contributed by atoms with E-state index in [-0.39, 0.29) is 24.1 Å². The van der Waals surface area contributed by atoms with Crippen LogP contribution in [0.15, 0.2) is 42.5 Å². The van der Waals surface area contributed by atoms with Crippen molar-refractivity contribution in [2.45, 2.75) is 55.5 Å². The van der Waals surface area contributed by atoms with E-state index in [1.54, 1.807) is 0 Å². The smallest absolute Gasteiger partial charge is 0.404 e. The van der Waals surface area contributed by atoms with Crippen LogP contribution in [0.1, 0.15) is 30.4 Å². The van der Waals surface area contributed by atoms with Gasteiger partial charge in [-0.1, -0.05) is 12.1 Å². The maximum absolute atomic E-state index is 13.6. The van der Waals surface area contributed by atoms with E-state index < -0.39 is 29.9 Å². The highest BCUT2D eigenvalue weighted by Crippen LogP contribution is 2.46. The van der Waals surface area contributed by atoms with Gasteiger partial charge in [-0.3, -0.25) is 0 Å². The minimum absolute atomic E-state index is 0.0358. The number of carboxylic acid groups (broad SMARTS) is 1. The number of amides is 1. The van der Waals surface area contributed by atoms with Gasteiger partial charge >= 0.3 is 6.09 Å². The SMILES string of the molecule is O=C(O)NC(Cc1cc(F)cc(F)c1)C(O)CNC1(c2cccc(N3CC4CC3CO4)c2)CC1. The fourth-order valence-corrected chi connectivity index (χ4v) is 5.26. The van der Waals surface area contributed by atoms with Crippen LogP contribution >= 0.6 is 0 Å². The van der Waals surface area contributed by atoms with Crippen LogP contribution in [0.5, 0.6) is 0 Å². The Bertz CT molecular complexity index is 1040. The predicted octanol–water partition coefficient (Wildman–Crippen LogP) is 2.76. The number of aliphatic hydroxyl groups excluding tert-OH is 1. The lowest BCUT2D eigenvalue weighted by Gasteiger charge is -2.30. The molecule has 2 aromatic rings. The van der Waals surface area contributed by atoms with E-state index in [0.717, 1.165) is 56.2 Å². The van der Waals surface area contributed by atoms with Crippen molar-refractivity contribution < 1.29 is 28.5 Å². The summed E-state index contributed by atoms with van der Waals surface area (Å²) in [6, 6.07) is 11.0. The molecule has 9 heteroatoms. The third-order valence-electron chi connectivity index (χ3n) is 7.18. The molecule has 2 saturated heterocycles. The Labute approximate surface area is 196 Å². The topological polar surface area (TPSA) is 94.1 Å². The molecule has 2 aromatic carbocycles. The van der Waals surface area contributed by atoms with Crippen LogP contribution in [0.3, 0.4) is 0 Å². The zero-order chi connectivity index (χ0) is 23.9. The molecule has 34 heavy (non-hydrogen) atoms. The van der Waals surface area contributed by atoms with Crippen LogP contribution in [-0.2, 0) is 16.7 Å². The Morgan fingerprint density at radius 2 is 1.97 bits per heavy atom. The van der Waals surface area contributed by atoms with Gasteiger partial charge in [-0.2, -0.15) is 0 Å². The molecule has 0 radical (unpaired) electrons. The number of ether oxygens (including phenoxy) is 1. The Morgan fingerprint density at radius 3 is 2.59 bits per heavy atom. The highest BCUT2D eigenvalue weighted by Gasteiger charge is 2.45. The van der Waals surface area contributed by atoms with Gasteiger partial charge in [-0.25, -0.2) is 13.6 Å². The van der Waals surface area contributed by atoms with Gasteiger partial charge in [-0.15, -0.1) is 0 Å². The first kappa shape index (κ1) is 23.0. The molecule has 2 aliphatic heterocycles. The van der Waals surface area contributed by atoms with Gasteiger partial charge in [-0.05, 0) is 61.1 Å². The number of nitrogens with one attached hydrogen (secondary N) is 2. The normalized spacial score (nSPS) is 24.1. The lowest BCUT2D eigenvalue weighted by molar-refractivity contribution is 0.0991. The number of hydrogen-bond acceptors (Lipinski definition) is 5. The summed E-state index contributed by atoms with van der Waals surface area (Å²) in [5, 5.41) is 25.7. The van der Waals surface area contributed by atoms with E-state index in [4.69, 9.17) is 4.74 Å². The van der Waals surface area contributed by atoms with Gasteiger partial charge in [0.15, 0.2) is 0 Å². The van der Waals surface area contributed by atoms with Crippen molar-refractivity contribution in [2.24, 2.45) is 0 Å². The summed E-state index contributed by atoms with van der Waals surface area (Å²) in [4.78, 5) is 13.7. The highest BCUT2D eigenvalue weighted by atomic mass is 19.1. The van der Waals surface area contributed by atoms with Crippen molar-refractivity contribution in [2.75, 3.05) is 24.6 Å². The maximum Gasteiger partial charge on any atom is 0.404 e. The first-order chi connectivity index (χ1) is 16.3. The molecule has 0 aromatic heterocycles. The van der Waals surface area contributed by atoms with E-state index in [0.29, 0.717) is 12.1 Å². The van der Waals surface area contributed by atoms with Crippen LogP contribution in [0.2, 0.25) is 0 Å². The number of hydrogen-bond donors (Lipinski definition) is 4. The number of rotatable bonds is 9. The third-order valence-corrected chi connectivity index (χ3v) is 7.18. The number of morpholine rings is 1. The van der Waals surface area contributed by atoms with E-state index in [1.807, 2.05) is 6.07 Å². The number of anilines is 1. The zero-order valence-electron chi connectivity index (χ0n) is 18.7. The summed E-state index contributed by atoms with van der Waals surface area (Å²) in [5.74, 6) is -1.49. The number of carbonyl (C=O) groups is 1. The van der Waals surface area contributed by atoms with Gasteiger partial charge in [0.2, 0.25) is 0 Å². The Morgan fingerprint density at radius 1 is 1.21 bits per heavy atom. The molecule has 2 bridgehead atoms. The molecule has 2 heterocycles. The molecule has 4 N–H and O–H groups in total. The lowest BCUT2D eigenvalue weighted by atomic mass is 9.99. The van der Waals surface area contributed by atoms with Crippen LogP contribution < -0.4 is 15.5 Å². The molecule has 0 spiro atoms. The summed E-state index contributed by atoms with van der Waals surface area (Å²) >= 11 is 0. The van der Waals surface area contributed by atoms with Gasteiger partial charge in [0.1, 0.15) is 11.6 Å². The molecule has 4 atom stereocenters. The summed E-state index contributed by atoms with van der Waals surface area (Å²) in [6.45, 7) is 1.79. The van der Waals surface area contributed by atoms with Crippen LogP contribution in [0.25, 0.3) is 0 Å². The van der Waals surface area contributed by atoms with Crippen molar-refractivity contribution in [1.82, 2.24) is 10.6 Å². The van der Waals surface area contributed by atoms with Crippen molar-refractivity contribution >= 4 is 11.8 Å². The standard InChI is InChI=1S/C25H29F2N3O4/c26-17-6-15(7-18(27)10-17)8-22(29-24(32)33)23(31)12-28-25(4-5-25)16-2-1-3-19(9-16)30-13-21-11-20(30)14-34-21/h1-3,6-7,9-10,20-23,28-29,31H,4-5,8,11-14H2,(H,32,33). The molecule has 3 fully saturated rings. The number of nitrogens with zero attached hydrogens (tertiary/aromatic N) is 1. The van der Waals surface area contributed by atoms with Crippen LogP contribution in [0, 0.1) is 11.6 Å². The molecule has 1 aliphatic carbocycles. The van der Waals surface area contributed by atoms with Gasteiger partial charge in [0.05, 0.1) is 30.9 Å². The molecule has 5 rings (SSSR count). The Balaban J connectivity index is 1.25. The molecular weight excluding hydrogens is 444 g/mol. The van der Waals surface area contributed by atoms with Crippen molar-refractivity contribution in [3.63, 3.8) is 0 Å². The molecular formula is C25H29F2N3O4. The van der Waals surface area contributed by atoms with Crippen molar-refractivity contribution in [3.8, 4) is 0 Å². The largest absolute Gasteiger partial charge is 0.465 e. The van der Waals surface area contributed by atoms with E-state index in [9.17, 15) is 23.8 Å². The van der Waals surface area contributed by atoms with Crippen LogP contribution in [0.4, 0.5) is 19.3 Å². The fraction of sp³-hybridized carbons (Fsp3) is 0.480. The van der Waals surface area contributed by atoms with Gasteiger partial charge in [0.25, 0.3) is 0 Å². The summed E-state index contributed by atoms with van der Waals surface area (Å²) in [7, 11) is 0. The average molecular weight is 474 g/mol. The quantitative estimate of drug-likeness (QED) is 0.448.